The molecule has 0 atom stereocenters. The molecular formula is C13H16N2. The number of aryl methyl sites for hydroxylation is 2. The molecule has 0 spiro atoms. The van der Waals surface area contributed by atoms with E-state index in [1.54, 1.807) is 0 Å². The highest BCUT2D eigenvalue weighted by Crippen LogP contribution is 2.19. The van der Waals surface area contributed by atoms with E-state index in [1.807, 2.05) is 6.20 Å². The van der Waals surface area contributed by atoms with Crippen LogP contribution < -0.4 is 5.73 Å². The molecule has 2 rings (SSSR count). The molecule has 15 heavy (non-hydrogen) atoms. The lowest BCUT2D eigenvalue weighted by Crippen LogP contribution is -2.01. The summed E-state index contributed by atoms with van der Waals surface area (Å²) in [5.41, 5.74) is 7.97. The Morgan fingerprint density at radius 1 is 1.27 bits per heavy atom. The molecule has 0 unspecified atom stereocenters. The maximum absolute atomic E-state index is 5.52. The van der Waals surface area contributed by atoms with Crippen LogP contribution in [0.2, 0.25) is 0 Å². The van der Waals surface area contributed by atoms with Gasteiger partial charge in [-0.15, -0.1) is 0 Å². The molecule has 0 aliphatic carbocycles. The van der Waals surface area contributed by atoms with E-state index >= 15 is 0 Å². The van der Waals surface area contributed by atoms with Crippen LogP contribution >= 0.6 is 0 Å². The van der Waals surface area contributed by atoms with Gasteiger partial charge in [0.25, 0.3) is 0 Å². The topological polar surface area (TPSA) is 38.9 Å². The Balaban J connectivity index is 2.48. The van der Waals surface area contributed by atoms with E-state index in [0.29, 0.717) is 0 Å². The van der Waals surface area contributed by atoms with E-state index in [1.165, 1.54) is 22.0 Å². The second-order valence-electron chi connectivity index (χ2n) is 3.87. The van der Waals surface area contributed by atoms with Crippen molar-refractivity contribution in [3.05, 3.63) is 41.7 Å². The van der Waals surface area contributed by atoms with Crippen molar-refractivity contribution in [2.24, 2.45) is 5.73 Å². The molecule has 2 aromatic rings. The van der Waals surface area contributed by atoms with Gasteiger partial charge in [-0.3, -0.25) is 4.98 Å². The standard InChI is InChI=1S/C13H16N2/c1-10-4-5-11-6-8-15-13(3-2-7-14)12(11)9-10/h4-6,8-9H,2-3,7,14H2,1H3. The van der Waals surface area contributed by atoms with Gasteiger partial charge in [-0.25, -0.2) is 0 Å². The maximum atomic E-state index is 5.52. The fraction of sp³-hybridized carbons (Fsp3) is 0.308. The van der Waals surface area contributed by atoms with Crippen LogP contribution in [0.3, 0.4) is 0 Å². The molecule has 0 bridgehead atoms. The van der Waals surface area contributed by atoms with E-state index in [9.17, 15) is 0 Å². The summed E-state index contributed by atoms with van der Waals surface area (Å²) in [7, 11) is 0. The molecule has 0 saturated heterocycles. The van der Waals surface area contributed by atoms with Gasteiger partial charge in [-0.1, -0.05) is 17.7 Å². The van der Waals surface area contributed by atoms with Gasteiger partial charge in [0.1, 0.15) is 0 Å². The van der Waals surface area contributed by atoms with Crippen LogP contribution in [0.5, 0.6) is 0 Å². The maximum Gasteiger partial charge on any atom is 0.0482 e. The molecule has 1 aromatic carbocycles. The predicted octanol–water partition coefficient (Wildman–Crippen LogP) is 2.43. The van der Waals surface area contributed by atoms with Gasteiger partial charge in [0, 0.05) is 17.3 Å². The smallest absolute Gasteiger partial charge is 0.0482 e. The first-order valence-corrected chi connectivity index (χ1v) is 5.35. The van der Waals surface area contributed by atoms with E-state index in [4.69, 9.17) is 5.73 Å². The Hall–Kier alpha value is -1.41. The fourth-order valence-corrected chi connectivity index (χ4v) is 1.81. The number of rotatable bonds is 3. The van der Waals surface area contributed by atoms with Gasteiger partial charge in [0.2, 0.25) is 0 Å². The highest BCUT2D eigenvalue weighted by atomic mass is 14.7. The number of nitrogens with zero attached hydrogens (tertiary/aromatic N) is 1. The summed E-state index contributed by atoms with van der Waals surface area (Å²) >= 11 is 0. The normalized spacial score (nSPS) is 10.8. The van der Waals surface area contributed by atoms with Crippen molar-refractivity contribution in [1.29, 1.82) is 0 Å². The van der Waals surface area contributed by atoms with Crippen molar-refractivity contribution in [3.8, 4) is 0 Å². The van der Waals surface area contributed by atoms with Gasteiger partial charge < -0.3 is 5.73 Å². The highest BCUT2D eigenvalue weighted by molar-refractivity contribution is 5.85. The number of hydrogen-bond donors (Lipinski definition) is 1. The third-order valence-electron chi connectivity index (χ3n) is 2.62. The number of aromatic nitrogens is 1. The number of benzene rings is 1. The van der Waals surface area contributed by atoms with E-state index < -0.39 is 0 Å². The lowest BCUT2D eigenvalue weighted by molar-refractivity contribution is 0.817. The zero-order chi connectivity index (χ0) is 10.7. The third kappa shape index (κ3) is 2.16. The van der Waals surface area contributed by atoms with Crippen LogP contribution in [0, 0.1) is 6.92 Å². The van der Waals surface area contributed by atoms with E-state index in [0.717, 1.165) is 19.4 Å². The summed E-state index contributed by atoms with van der Waals surface area (Å²) in [5, 5.41) is 2.54. The zero-order valence-electron chi connectivity index (χ0n) is 9.03. The Morgan fingerprint density at radius 2 is 2.13 bits per heavy atom. The Kier molecular flexibility index (Phi) is 2.97. The molecule has 0 fully saturated rings. The first-order valence-electron chi connectivity index (χ1n) is 5.35. The van der Waals surface area contributed by atoms with Crippen molar-refractivity contribution in [2.75, 3.05) is 6.54 Å². The highest BCUT2D eigenvalue weighted by Gasteiger charge is 2.01. The van der Waals surface area contributed by atoms with Gasteiger partial charge in [-0.2, -0.15) is 0 Å². The molecule has 2 nitrogen and oxygen atoms in total. The predicted molar refractivity (Wildman–Crippen MR) is 63.9 cm³/mol. The minimum Gasteiger partial charge on any atom is -0.330 e. The summed E-state index contributed by atoms with van der Waals surface area (Å²) < 4.78 is 0. The van der Waals surface area contributed by atoms with Crippen molar-refractivity contribution in [2.45, 2.75) is 19.8 Å². The molecule has 2 heteroatoms. The van der Waals surface area contributed by atoms with Crippen molar-refractivity contribution < 1.29 is 0 Å². The minimum atomic E-state index is 0.726. The van der Waals surface area contributed by atoms with Crippen LogP contribution in [0.1, 0.15) is 17.7 Å². The summed E-state index contributed by atoms with van der Waals surface area (Å²) in [4.78, 5) is 4.43. The average molecular weight is 200 g/mol. The SMILES string of the molecule is Cc1ccc2ccnc(CCCN)c2c1. The van der Waals surface area contributed by atoms with Crippen LogP contribution in [0.25, 0.3) is 10.8 Å². The third-order valence-corrected chi connectivity index (χ3v) is 2.62. The van der Waals surface area contributed by atoms with Crippen LogP contribution in [0.4, 0.5) is 0 Å². The summed E-state index contributed by atoms with van der Waals surface area (Å²) in [6.07, 6.45) is 3.85. The van der Waals surface area contributed by atoms with Gasteiger partial charge in [0.15, 0.2) is 0 Å². The molecule has 2 N–H and O–H groups in total. The molecule has 0 aliphatic heterocycles. The summed E-state index contributed by atoms with van der Waals surface area (Å²) in [6, 6.07) is 8.54. The monoisotopic (exact) mass is 200 g/mol. The molecule has 78 valence electrons. The Bertz CT molecular complexity index is 463. The number of fused-ring (bicyclic) bond motifs is 1. The quantitative estimate of drug-likeness (QED) is 0.826. The zero-order valence-corrected chi connectivity index (χ0v) is 9.03. The van der Waals surface area contributed by atoms with Gasteiger partial charge >= 0.3 is 0 Å². The van der Waals surface area contributed by atoms with Gasteiger partial charge in [-0.05, 0) is 43.8 Å². The van der Waals surface area contributed by atoms with Crippen LogP contribution in [0.15, 0.2) is 30.5 Å². The van der Waals surface area contributed by atoms with Crippen LogP contribution in [-0.4, -0.2) is 11.5 Å². The van der Waals surface area contributed by atoms with Crippen LogP contribution in [-0.2, 0) is 6.42 Å². The number of hydrogen-bond acceptors (Lipinski definition) is 2. The molecular weight excluding hydrogens is 184 g/mol. The largest absolute Gasteiger partial charge is 0.330 e. The Morgan fingerprint density at radius 3 is 2.93 bits per heavy atom. The van der Waals surface area contributed by atoms with Crippen molar-refractivity contribution in [1.82, 2.24) is 4.98 Å². The second kappa shape index (κ2) is 4.41. The fourth-order valence-electron chi connectivity index (χ4n) is 1.81. The van der Waals surface area contributed by atoms with Gasteiger partial charge in [0.05, 0.1) is 0 Å². The first kappa shape index (κ1) is 10.1. The minimum absolute atomic E-state index is 0.726. The molecule has 1 heterocycles. The summed E-state index contributed by atoms with van der Waals surface area (Å²) in [5.74, 6) is 0. The Labute approximate surface area is 90.1 Å². The lowest BCUT2D eigenvalue weighted by atomic mass is 10.0. The van der Waals surface area contributed by atoms with E-state index in [-0.39, 0.29) is 0 Å². The number of pyridine rings is 1. The first-order chi connectivity index (χ1) is 7.31. The summed E-state index contributed by atoms with van der Waals surface area (Å²) in [6.45, 7) is 2.84. The molecule has 0 aliphatic rings. The molecule has 0 radical (unpaired) electrons. The molecule has 1 aromatic heterocycles. The lowest BCUT2D eigenvalue weighted by Gasteiger charge is -2.05. The van der Waals surface area contributed by atoms with Crippen molar-refractivity contribution >= 4 is 10.8 Å². The molecule has 0 saturated carbocycles. The average Bonchev–Trinajstić information content (AvgIpc) is 2.26. The van der Waals surface area contributed by atoms with E-state index in [2.05, 4.69) is 36.2 Å². The molecule has 0 amide bonds. The second-order valence-corrected chi connectivity index (χ2v) is 3.87. The number of nitrogens with two attached hydrogens (primary N) is 1. The van der Waals surface area contributed by atoms with Crippen molar-refractivity contribution in [3.63, 3.8) is 0 Å².